The first kappa shape index (κ1) is 23.7. The van der Waals surface area contributed by atoms with Crippen molar-refractivity contribution in [3.63, 3.8) is 0 Å². The number of rotatable bonds is 3. The van der Waals surface area contributed by atoms with Gasteiger partial charge in [0, 0.05) is 33.9 Å². The standard InChI is InChI=1S/C37H28N4O/c1-2-12-23(13-3-1)35-38-36(40-37(39-35)41-31-19-9-6-15-25(31)26-16-7-10-20-32(26)41)30-22-29-27-17-8-11-21-33(27)42-34(29)28-18-5-4-14-24(28)30/h1-12,14-19,21,23,30,32H,13,20,22H2. The maximum atomic E-state index is 6.43. The van der Waals surface area contributed by atoms with Crippen LogP contribution in [0.4, 0.5) is 11.6 Å². The molecule has 5 nitrogen and oxygen atoms in total. The minimum atomic E-state index is -0.0163. The first-order chi connectivity index (χ1) is 20.8. The van der Waals surface area contributed by atoms with Crippen LogP contribution in [-0.4, -0.2) is 21.0 Å². The minimum Gasteiger partial charge on any atom is -0.456 e. The van der Waals surface area contributed by atoms with Gasteiger partial charge in [-0.1, -0.05) is 103 Å². The molecule has 0 fully saturated rings. The normalized spacial score (nSPS) is 21.6. The van der Waals surface area contributed by atoms with Crippen LogP contribution in [0.25, 0.3) is 27.9 Å². The van der Waals surface area contributed by atoms with E-state index in [4.69, 9.17) is 19.4 Å². The lowest BCUT2D eigenvalue weighted by Gasteiger charge is -2.29. The average Bonchev–Trinajstić information content (AvgIpc) is 3.61. The van der Waals surface area contributed by atoms with Gasteiger partial charge in [0.15, 0.2) is 0 Å². The molecule has 0 saturated carbocycles. The number of aromatic nitrogens is 3. The second kappa shape index (κ2) is 9.25. The third-order valence-corrected chi connectivity index (χ3v) is 9.10. The molecule has 0 amide bonds. The summed E-state index contributed by atoms with van der Waals surface area (Å²) in [6.07, 6.45) is 17.9. The van der Waals surface area contributed by atoms with E-state index in [0.717, 1.165) is 59.5 Å². The number of allylic oxidation sites excluding steroid dienone is 6. The lowest BCUT2D eigenvalue weighted by atomic mass is 9.80. The van der Waals surface area contributed by atoms with Gasteiger partial charge in [-0.05, 0) is 42.5 Å². The van der Waals surface area contributed by atoms with E-state index in [1.54, 1.807) is 0 Å². The molecule has 42 heavy (non-hydrogen) atoms. The molecule has 5 aromatic rings. The molecule has 0 saturated heterocycles. The highest BCUT2D eigenvalue weighted by atomic mass is 16.3. The lowest BCUT2D eigenvalue weighted by molar-refractivity contribution is 0.607. The quantitative estimate of drug-likeness (QED) is 0.228. The Morgan fingerprint density at radius 1 is 0.738 bits per heavy atom. The molecular weight excluding hydrogens is 516 g/mol. The number of hydrogen-bond acceptors (Lipinski definition) is 5. The Labute approximate surface area is 244 Å². The highest BCUT2D eigenvalue weighted by Gasteiger charge is 2.38. The molecule has 3 heterocycles. The predicted octanol–water partition coefficient (Wildman–Crippen LogP) is 8.44. The number of para-hydroxylation sites is 2. The molecule has 0 bridgehead atoms. The molecule has 4 aliphatic rings. The van der Waals surface area contributed by atoms with Gasteiger partial charge in [0.25, 0.3) is 0 Å². The number of hydrogen-bond donors (Lipinski definition) is 0. The Morgan fingerprint density at radius 3 is 2.48 bits per heavy atom. The summed E-state index contributed by atoms with van der Waals surface area (Å²) >= 11 is 0. The van der Waals surface area contributed by atoms with Crippen LogP contribution >= 0.6 is 0 Å². The molecule has 202 valence electrons. The van der Waals surface area contributed by atoms with Crippen LogP contribution in [0.15, 0.2) is 120 Å². The van der Waals surface area contributed by atoms with E-state index in [2.05, 4.69) is 114 Å². The summed E-state index contributed by atoms with van der Waals surface area (Å²) < 4.78 is 6.43. The first-order valence-electron chi connectivity index (χ1n) is 14.8. The minimum absolute atomic E-state index is 0.0163. The van der Waals surface area contributed by atoms with Crippen molar-refractivity contribution in [3.8, 4) is 11.3 Å². The van der Waals surface area contributed by atoms with Crippen LogP contribution < -0.4 is 4.90 Å². The highest BCUT2D eigenvalue weighted by molar-refractivity contribution is 5.92. The fourth-order valence-corrected chi connectivity index (χ4v) is 7.14. The molecule has 3 aliphatic carbocycles. The summed E-state index contributed by atoms with van der Waals surface area (Å²) in [7, 11) is 0. The third-order valence-electron chi connectivity index (χ3n) is 9.10. The zero-order valence-electron chi connectivity index (χ0n) is 23.0. The Hall–Kier alpha value is -5.03. The second-order valence-corrected chi connectivity index (χ2v) is 11.4. The fraction of sp³-hybridized carbons (Fsp3) is 0.162. The van der Waals surface area contributed by atoms with Crippen LogP contribution in [0.3, 0.4) is 0 Å². The van der Waals surface area contributed by atoms with Crippen LogP contribution in [0.2, 0.25) is 0 Å². The van der Waals surface area contributed by atoms with Crippen molar-refractivity contribution in [2.75, 3.05) is 4.90 Å². The summed E-state index contributed by atoms with van der Waals surface area (Å²) in [5, 5.41) is 1.17. The second-order valence-electron chi connectivity index (χ2n) is 11.4. The average molecular weight is 545 g/mol. The van der Waals surface area contributed by atoms with Crippen molar-refractivity contribution in [2.24, 2.45) is 0 Å². The van der Waals surface area contributed by atoms with E-state index in [1.165, 1.54) is 27.6 Å². The van der Waals surface area contributed by atoms with E-state index in [-0.39, 0.29) is 17.9 Å². The number of furan rings is 1. The summed E-state index contributed by atoms with van der Waals surface area (Å²) in [6.45, 7) is 0. The number of nitrogens with zero attached hydrogens (tertiary/aromatic N) is 4. The SMILES string of the molecule is C1=CCC(c2nc(C3Cc4c(oc5ccccc45)-c4ccccc43)nc(N3c4ccccc4C4=CC=CCC43)n2)C=C1. The number of anilines is 2. The Kier molecular flexibility index (Phi) is 5.21. The predicted molar refractivity (Wildman–Crippen MR) is 167 cm³/mol. The Morgan fingerprint density at radius 2 is 1.55 bits per heavy atom. The number of fused-ring (bicyclic) bond motifs is 8. The molecule has 9 rings (SSSR count). The largest absolute Gasteiger partial charge is 0.456 e. The maximum Gasteiger partial charge on any atom is 0.234 e. The van der Waals surface area contributed by atoms with Gasteiger partial charge >= 0.3 is 0 Å². The zero-order valence-corrected chi connectivity index (χ0v) is 23.0. The van der Waals surface area contributed by atoms with Crippen molar-refractivity contribution >= 4 is 28.2 Å². The van der Waals surface area contributed by atoms with Crippen molar-refractivity contribution in [1.29, 1.82) is 0 Å². The molecule has 0 N–H and O–H groups in total. The van der Waals surface area contributed by atoms with E-state index >= 15 is 0 Å². The van der Waals surface area contributed by atoms with Crippen molar-refractivity contribution in [3.05, 3.63) is 144 Å². The van der Waals surface area contributed by atoms with Gasteiger partial charge in [-0.25, -0.2) is 4.98 Å². The summed E-state index contributed by atoms with van der Waals surface area (Å²) in [5.41, 5.74) is 8.22. The zero-order chi connectivity index (χ0) is 27.6. The van der Waals surface area contributed by atoms with E-state index < -0.39 is 0 Å². The monoisotopic (exact) mass is 544 g/mol. The molecular formula is C37H28N4O. The van der Waals surface area contributed by atoms with Crippen molar-refractivity contribution in [2.45, 2.75) is 37.1 Å². The third kappa shape index (κ3) is 3.53. The van der Waals surface area contributed by atoms with Crippen molar-refractivity contribution < 1.29 is 4.42 Å². The Balaban J connectivity index is 1.24. The van der Waals surface area contributed by atoms with Gasteiger partial charge < -0.3 is 9.32 Å². The molecule has 0 radical (unpaired) electrons. The Bertz CT molecular complexity index is 2010. The molecule has 2 aromatic heterocycles. The molecule has 5 heteroatoms. The molecule has 0 spiro atoms. The topological polar surface area (TPSA) is 55.1 Å². The van der Waals surface area contributed by atoms with E-state index in [0.29, 0.717) is 0 Å². The van der Waals surface area contributed by atoms with Crippen LogP contribution in [0.1, 0.15) is 53.0 Å². The smallest absolute Gasteiger partial charge is 0.234 e. The summed E-state index contributed by atoms with van der Waals surface area (Å²) in [4.78, 5) is 18.2. The summed E-state index contributed by atoms with van der Waals surface area (Å²) in [6, 6.07) is 25.7. The van der Waals surface area contributed by atoms with Gasteiger partial charge in [0.1, 0.15) is 23.0 Å². The van der Waals surface area contributed by atoms with Gasteiger partial charge in [-0.3, -0.25) is 0 Å². The lowest BCUT2D eigenvalue weighted by Crippen LogP contribution is -2.30. The molecule has 1 aliphatic heterocycles. The van der Waals surface area contributed by atoms with Gasteiger partial charge in [0.2, 0.25) is 5.95 Å². The highest BCUT2D eigenvalue weighted by Crippen LogP contribution is 2.48. The van der Waals surface area contributed by atoms with E-state index in [1.807, 2.05) is 6.07 Å². The maximum absolute atomic E-state index is 6.43. The van der Waals surface area contributed by atoms with Gasteiger partial charge in [-0.2, -0.15) is 9.97 Å². The van der Waals surface area contributed by atoms with Gasteiger partial charge in [0.05, 0.1) is 11.7 Å². The van der Waals surface area contributed by atoms with Crippen LogP contribution in [-0.2, 0) is 6.42 Å². The van der Waals surface area contributed by atoms with Crippen molar-refractivity contribution in [1.82, 2.24) is 15.0 Å². The van der Waals surface area contributed by atoms with Crippen LogP contribution in [0.5, 0.6) is 0 Å². The number of benzene rings is 3. The molecule has 3 aromatic carbocycles. The van der Waals surface area contributed by atoms with Crippen LogP contribution in [0, 0.1) is 0 Å². The fourth-order valence-electron chi connectivity index (χ4n) is 7.14. The van der Waals surface area contributed by atoms with Gasteiger partial charge in [-0.15, -0.1) is 0 Å². The molecule has 3 atom stereocenters. The first-order valence-corrected chi connectivity index (χ1v) is 14.8. The van der Waals surface area contributed by atoms with E-state index in [9.17, 15) is 0 Å². The molecule has 3 unspecified atom stereocenters. The summed E-state index contributed by atoms with van der Waals surface area (Å²) in [5.74, 6) is 3.44.